The molecule has 1 aromatic carbocycles. The Bertz CT molecular complexity index is 848. The topological polar surface area (TPSA) is 49.6 Å². The summed E-state index contributed by atoms with van der Waals surface area (Å²) in [7, 11) is 0. The molecule has 142 valence electrons. The summed E-state index contributed by atoms with van der Waals surface area (Å²) in [6, 6.07) is 11.3. The lowest BCUT2D eigenvalue weighted by Gasteiger charge is -2.12. The minimum atomic E-state index is -0.436. The van der Waals surface area contributed by atoms with Gasteiger partial charge in [-0.05, 0) is 53.8 Å². The Labute approximate surface area is 160 Å². The average Bonchev–Trinajstić information content (AvgIpc) is 3.36. The van der Waals surface area contributed by atoms with Gasteiger partial charge in [-0.25, -0.2) is 13.8 Å². The van der Waals surface area contributed by atoms with E-state index in [-0.39, 0.29) is 0 Å². The molecule has 7 heteroatoms. The van der Waals surface area contributed by atoms with Gasteiger partial charge in [0.2, 0.25) is 0 Å². The third-order valence-corrected chi connectivity index (χ3v) is 4.77. The zero-order chi connectivity index (χ0) is 18.9. The Morgan fingerprint density at radius 2 is 1.89 bits per heavy atom. The number of hydrogen-bond donors (Lipinski definition) is 2. The van der Waals surface area contributed by atoms with Gasteiger partial charge in [-0.2, -0.15) is 0 Å². The fraction of sp³-hybridized carbons (Fsp3) is 0.250. The van der Waals surface area contributed by atoms with Crippen LogP contribution in [0.25, 0.3) is 0 Å². The van der Waals surface area contributed by atoms with Crippen molar-refractivity contribution in [3.8, 4) is 0 Å². The van der Waals surface area contributed by atoms with Gasteiger partial charge in [0.25, 0.3) is 0 Å². The van der Waals surface area contributed by atoms with Gasteiger partial charge in [0.1, 0.15) is 17.4 Å². The highest BCUT2D eigenvalue weighted by atomic mass is 32.1. The molecule has 27 heavy (non-hydrogen) atoms. The van der Waals surface area contributed by atoms with Crippen molar-refractivity contribution in [2.45, 2.75) is 19.4 Å². The molecule has 4 nitrogen and oxygen atoms in total. The van der Waals surface area contributed by atoms with Gasteiger partial charge in [-0.1, -0.05) is 6.07 Å². The van der Waals surface area contributed by atoms with Crippen molar-refractivity contribution in [3.05, 3.63) is 81.9 Å². The average molecular weight is 389 g/mol. The first kappa shape index (κ1) is 19.1. The van der Waals surface area contributed by atoms with Crippen molar-refractivity contribution in [1.82, 2.24) is 10.6 Å². The summed E-state index contributed by atoms with van der Waals surface area (Å²) in [5.74, 6) is 0.685. The summed E-state index contributed by atoms with van der Waals surface area (Å²) in [5.41, 5.74) is 0.343. The number of furan rings is 1. The number of rotatable bonds is 8. The van der Waals surface area contributed by atoms with Crippen molar-refractivity contribution >= 4 is 17.3 Å². The number of aliphatic imine (C=N–C) groups is 1. The Morgan fingerprint density at radius 1 is 1.04 bits per heavy atom. The molecule has 0 aliphatic carbocycles. The minimum absolute atomic E-state index is 0.343. The van der Waals surface area contributed by atoms with E-state index in [4.69, 9.17) is 4.42 Å². The molecular weight excluding hydrogens is 368 g/mol. The van der Waals surface area contributed by atoms with Gasteiger partial charge < -0.3 is 15.1 Å². The van der Waals surface area contributed by atoms with E-state index in [0.29, 0.717) is 37.6 Å². The highest BCUT2D eigenvalue weighted by Crippen LogP contribution is 2.10. The second kappa shape index (κ2) is 9.87. The van der Waals surface area contributed by atoms with E-state index in [1.807, 2.05) is 29.6 Å². The first-order valence-corrected chi connectivity index (χ1v) is 9.59. The Morgan fingerprint density at radius 3 is 2.63 bits per heavy atom. The number of thiophene rings is 1. The molecule has 3 aromatic rings. The van der Waals surface area contributed by atoms with E-state index in [2.05, 4.69) is 15.6 Å². The number of guanidine groups is 1. The van der Waals surface area contributed by atoms with Crippen LogP contribution in [0.4, 0.5) is 8.78 Å². The molecule has 2 N–H and O–H groups in total. The lowest BCUT2D eigenvalue weighted by atomic mass is 10.1. The third kappa shape index (κ3) is 6.21. The normalized spacial score (nSPS) is 11.6. The molecule has 0 aliphatic rings. The summed E-state index contributed by atoms with van der Waals surface area (Å²) in [4.78, 5) is 5.71. The maximum atomic E-state index is 13.7. The molecule has 0 spiro atoms. The monoisotopic (exact) mass is 389 g/mol. The molecule has 0 saturated carbocycles. The maximum absolute atomic E-state index is 13.7. The van der Waals surface area contributed by atoms with Crippen LogP contribution in [-0.4, -0.2) is 19.0 Å². The van der Waals surface area contributed by atoms with E-state index in [0.717, 1.165) is 29.2 Å². The Balaban J connectivity index is 1.54. The molecule has 0 fully saturated rings. The van der Waals surface area contributed by atoms with Gasteiger partial charge in [0, 0.05) is 24.4 Å². The van der Waals surface area contributed by atoms with Crippen LogP contribution in [0.5, 0.6) is 0 Å². The molecule has 0 aliphatic heterocycles. The van der Waals surface area contributed by atoms with Gasteiger partial charge in [0.05, 0.1) is 12.8 Å². The SMILES string of the molecule is Fc1ccc(F)c(CCNC(=NCc2cccs2)NCCc2ccco2)c1. The summed E-state index contributed by atoms with van der Waals surface area (Å²) in [6.45, 7) is 1.65. The lowest BCUT2D eigenvalue weighted by Crippen LogP contribution is -2.39. The van der Waals surface area contributed by atoms with E-state index in [9.17, 15) is 8.78 Å². The number of halogens is 2. The molecule has 0 radical (unpaired) electrons. The smallest absolute Gasteiger partial charge is 0.191 e. The Kier molecular flexibility index (Phi) is 6.98. The lowest BCUT2D eigenvalue weighted by molar-refractivity contribution is 0.506. The van der Waals surface area contributed by atoms with Crippen LogP contribution in [0.15, 0.2) is 63.5 Å². The van der Waals surface area contributed by atoms with Crippen molar-refractivity contribution < 1.29 is 13.2 Å². The number of hydrogen-bond acceptors (Lipinski definition) is 3. The van der Waals surface area contributed by atoms with Crippen LogP contribution in [-0.2, 0) is 19.4 Å². The molecule has 0 unspecified atom stereocenters. The molecule has 0 bridgehead atoms. The van der Waals surface area contributed by atoms with Crippen LogP contribution in [0.1, 0.15) is 16.2 Å². The molecule has 0 atom stereocenters. The first-order chi connectivity index (χ1) is 13.2. The van der Waals surface area contributed by atoms with E-state index < -0.39 is 11.6 Å². The van der Waals surface area contributed by atoms with Crippen molar-refractivity contribution in [1.29, 1.82) is 0 Å². The second-order valence-corrected chi connectivity index (χ2v) is 6.95. The highest BCUT2D eigenvalue weighted by molar-refractivity contribution is 7.09. The van der Waals surface area contributed by atoms with Crippen LogP contribution < -0.4 is 10.6 Å². The van der Waals surface area contributed by atoms with Crippen LogP contribution >= 0.6 is 11.3 Å². The molecule has 3 rings (SSSR count). The quantitative estimate of drug-likeness (QED) is 0.450. The predicted molar refractivity (Wildman–Crippen MR) is 104 cm³/mol. The fourth-order valence-electron chi connectivity index (χ4n) is 2.54. The predicted octanol–water partition coefficient (Wildman–Crippen LogP) is 4.14. The number of nitrogens with zero attached hydrogens (tertiary/aromatic N) is 1. The molecule has 0 saturated heterocycles. The number of benzene rings is 1. The summed E-state index contributed by atoms with van der Waals surface area (Å²) < 4.78 is 32.3. The van der Waals surface area contributed by atoms with Crippen LogP contribution in [0, 0.1) is 11.6 Å². The highest BCUT2D eigenvalue weighted by Gasteiger charge is 2.05. The van der Waals surface area contributed by atoms with E-state index in [1.165, 1.54) is 6.07 Å². The molecule has 2 aromatic heterocycles. The zero-order valence-electron chi connectivity index (χ0n) is 14.8. The third-order valence-electron chi connectivity index (χ3n) is 3.91. The van der Waals surface area contributed by atoms with Gasteiger partial charge >= 0.3 is 0 Å². The minimum Gasteiger partial charge on any atom is -0.469 e. The Hall–Kier alpha value is -2.67. The zero-order valence-corrected chi connectivity index (χ0v) is 15.6. The number of nitrogens with one attached hydrogen (secondary N) is 2. The summed E-state index contributed by atoms with van der Waals surface area (Å²) in [6.07, 6.45) is 2.74. The van der Waals surface area contributed by atoms with Crippen molar-refractivity contribution in [2.75, 3.05) is 13.1 Å². The second-order valence-electron chi connectivity index (χ2n) is 5.91. The maximum Gasteiger partial charge on any atom is 0.191 e. The van der Waals surface area contributed by atoms with Gasteiger partial charge in [0.15, 0.2) is 5.96 Å². The van der Waals surface area contributed by atoms with Crippen LogP contribution in [0.3, 0.4) is 0 Å². The first-order valence-electron chi connectivity index (χ1n) is 8.71. The van der Waals surface area contributed by atoms with Crippen molar-refractivity contribution in [3.63, 3.8) is 0 Å². The van der Waals surface area contributed by atoms with Gasteiger partial charge in [-0.3, -0.25) is 0 Å². The van der Waals surface area contributed by atoms with E-state index >= 15 is 0 Å². The standard InChI is InChI=1S/C20H21F2N3OS/c21-16-5-6-19(22)15(13-16)7-9-23-20(25-14-18-4-2-12-27-18)24-10-8-17-3-1-11-26-17/h1-6,11-13H,7-10,14H2,(H2,23,24,25). The largest absolute Gasteiger partial charge is 0.469 e. The summed E-state index contributed by atoms with van der Waals surface area (Å²) >= 11 is 1.64. The molecule has 0 amide bonds. The van der Waals surface area contributed by atoms with Gasteiger partial charge in [-0.15, -0.1) is 11.3 Å². The molecule has 2 heterocycles. The molecular formula is C20H21F2N3OS. The van der Waals surface area contributed by atoms with E-state index in [1.54, 1.807) is 17.6 Å². The summed E-state index contributed by atoms with van der Waals surface area (Å²) in [5, 5.41) is 8.44. The van der Waals surface area contributed by atoms with Crippen LogP contribution in [0.2, 0.25) is 0 Å². The van der Waals surface area contributed by atoms with Crippen molar-refractivity contribution in [2.24, 2.45) is 4.99 Å². The fourth-order valence-corrected chi connectivity index (χ4v) is 3.17.